The van der Waals surface area contributed by atoms with Crippen LogP contribution in [0.15, 0.2) is 120 Å². The fourth-order valence-electron chi connectivity index (χ4n) is 5.62. The molecule has 0 spiro atoms. The molecule has 0 aliphatic carbocycles. The van der Waals surface area contributed by atoms with Crippen LogP contribution in [-0.2, 0) is 20.1 Å². The summed E-state index contributed by atoms with van der Waals surface area (Å²) in [4.78, 5) is 13.6. The van der Waals surface area contributed by atoms with Crippen molar-refractivity contribution < 1.29 is 24.5 Å². The molecule has 0 aliphatic rings. The Morgan fingerprint density at radius 3 is 2.20 bits per heavy atom. The Labute approximate surface area is 282 Å². The Kier molecular flexibility index (Phi) is 8.89. The Bertz CT molecular complexity index is 2310. The molecule has 0 amide bonds. The monoisotopic (exact) mass is 774 g/mol. The number of nitrogens with zero attached hydrogens (tertiary/aromatic N) is 3. The van der Waals surface area contributed by atoms with E-state index >= 15 is 0 Å². The summed E-state index contributed by atoms with van der Waals surface area (Å²) in [6, 6.07) is 41.5. The quantitative estimate of drug-likeness (QED) is 0.168. The van der Waals surface area contributed by atoms with Crippen LogP contribution in [-0.4, -0.2) is 15.0 Å². The molecule has 0 fully saturated rings. The minimum absolute atomic E-state index is 0. The molecule has 0 N–H and O–H groups in total. The Morgan fingerprint density at radius 1 is 0.630 bits per heavy atom. The van der Waals surface area contributed by atoms with Crippen LogP contribution in [0.2, 0.25) is 0 Å². The molecule has 4 nitrogen and oxygen atoms in total. The number of hydrogen-bond acceptors (Lipinski definition) is 4. The standard InChI is InChI=1S/C21H13N2O.C20H18N.Ir/c1-13-8-9-17-19(23-13)11-10-15-14-5-4-6-16(20(14)24-21(15)17)18-7-2-3-12-22-18;1-14-9-10-18(20-11-15(2)16(3)13-21-20)12-19(14)17-7-5-4-6-8-17;/h2-5,7-12H,1H3;4-9,11-13H,1-3H3;/q2*-1;. The number of fused-ring (bicyclic) bond motifs is 5. The number of furan rings is 1. The average molecular weight is 774 g/mol. The number of pyridine rings is 3. The van der Waals surface area contributed by atoms with E-state index in [0.717, 1.165) is 61.1 Å². The molecule has 8 aromatic rings. The molecule has 46 heavy (non-hydrogen) atoms. The molecule has 4 aromatic carbocycles. The first kappa shape index (κ1) is 31.0. The van der Waals surface area contributed by atoms with Crippen molar-refractivity contribution in [3.8, 4) is 33.6 Å². The van der Waals surface area contributed by atoms with E-state index < -0.39 is 0 Å². The maximum absolute atomic E-state index is 6.28. The number of benzene rings is 4. The fraction of sp³-hybridized carbons (Fsp3) is 0.0976. The van der Waals surface area contributed by atoms with Crippen LogP contribution in [0.1, 0.15) is 22.4 Å². The second-order valence-corrected chi connectivity index (χ2v) is 11.3. The molecular weight excluding hydrogens is 743 g/mol. The largest absolute Gasteiger partial charge is 0.500 e. The number of aromatic nitrogens is 3. The van der Waals surface area contributed by atoms with Crippen molar-refractivity contribution in [1.29, 1.82) is 0 Å². The first-order valence-electron chi connectivity index (χ1n) is 15.0. The zero-order valence-electron chi connectivity index (χ0n) is 26.1. The van der Waals surface area contributed by atoms with Crippen molar-refractivity contribution in [2.75, 3.05) is 0 Å². The van der Waals surface area contributed by atoms with Crippen molar-refractivity contribution in [3.63, 3.8) is 0 Å². The van der Waals surface area contributed by atoms with Gasteiger partial charge in [-0.05, 0) is 73.6 Å². The van der Waals surface area contributed by atoms with Crippen LogP contribution in [0.5, 0.6) is 0 Å². The minimum atomic E-state index is 0. The zero-order valence-corrected chi connectivity index (χ0v) is 28.4. The van der Waals surface area contributed by atoms with Gasteiger partial charge in [0, 0.05) is 49.0 Å². The summed E-state index contributed by atoms with van der Waals surface area (Å²) < 4.78 is 6.28. The molecule has 1 radical (unpaired) electrons. The van der Waals surface area contributed by atoms with E-state index in [1.165, 1.54) is 27.8 Å². The van der Waals surface area contributed by atoms with Crippen molar-refractivity contribution in [2.45, 2.75) is 27.7 Å². The van der Waals surface area contributed by atoms with Crippen molar-refractivity contribution in [1.82, 2.24) is 15.0 Å². The second kappa shape index (κ2) is 13.2. The SMILES string of the molecule is Cc1ccc2c(ccc3c4cc[c-]c(-c5ccccn5)c4oc23)n1.Cc1cnc(-c2[c-]cc(C)c(-c3ccccc3)c2)cc1C.[Ir]. The molecule has 4 aromatic heterocycles. The molecular formula is C41H31IrN3O-2. The van der Waals surface area contributed by atoms with E-state index in [9.17, 15) is 0 Å². The average Bonchev–Trinajstić information content (AvgIpc) is 3.46. The normalized spacial score (nSPS) is 10.9. The van der Waals surface area contributed by atoms with Gasteiger partial charge in [0.2, 0.25) is 0 Å². The predicted molar refractivity (Wildman–Crippen MR) is 184 cm³/mol. The van der Waals surface area contributed by atoms with Crippen LogP contribution >= 0.6 is 0 Å². The van der Waals surface area contributed by atoms with Crippen LogP contribution in [0.25, 0.3) is 66.5 Å². The summed E-state index contributed by atoms with van der Waals surface area (Å²) in [5.41, 5.74) is 13.6. The van der Waals surface area contributed by atoms with Crippen LogP contribution in [0, 0.1) is 39.8 Å². The fourth-order valence-corrected chi connectivity index (χ4v) is 5.62. The molecule has 0 saturated heterocycles. The smallest absolute Gasteiger partial charge is 0.130 e. The third-order valence-electron chi connectivity index (χ3n) is 8.22. The molecule has 5 heteroatoms. The molecule has 8 rings (SSSR count). The number of rotatable bonds is 3. The number of aryl methyl sites for hydroxylation is 4. The molecule has 0 aliphatic heterocycles. The van der Waals surface area contributed by atoms with Crippen LogP contribution in [0.3, 0.4) is 0 Å². The summed E-state index contributed by atoms with van der Waals surface area (Å²) in [6.45, 7) is 8.32. The van der Waals surface area contributed by atoms with Gasteiger partial charge in [-0.1, -0.05) is 77.5 Å². The zero-order chi connectivity index (χ0) is 30.9. The van der Waals surface area contributed by atoms with Gasteiger partial charge in [-0.25, -0.2) is 0 Å². The van der Waals surface area contributed by atoms with Gasteiger partial charge in [-0.15, -0.1) is 47.5 Å². The van der Waals surface area contributed by atoms with Gasteiger partial charge in [0.05, 0.1) is 11.1 Å². The molecule has 0 atom stereocenters. The van der Waals surface area contributed by atoms with E-state index in [-0.39, 0.29) is 20.1 Å². The van der Waals surface area contributed by atoms with Gasteiger partial charge in [-0.3, -0.25) is 4.98 Å². The molecule has 227 valence electrons. The van der Waals surface area contributed by atoms with Gasteiger partial charge in [-0.2, -0.15) is 0 Å². The van der Waals surface area contributed by atoms with E-state index in [4.69, 9.17) is 4.42 Å². The summed E-state index contributed by atoms with van der Waals surface area (Å²) in [5.74, 6) is 0. The predicted octanol–water partition coefficient (Wildman–Crippen LogP) is 10.4. The number of hydrogen-bond donors (Lipinski definition) is 0. The summed E-state index contributed by atoms with van der Waals surface area (Å²) in [7, 11) is 0. The molecule has 0 unspecified atom stereocenters. The van der Waals surface area contributed by atoms with Gasteiger partial charge < -0.3 is 14.4 Å². The maximum atomic E-state index is 6.28. The summed E-state index contributed by atoms with van der Waals surface area (Å²) in [5, 5.41) is 3.20. The van der Waals surface area contributed by atoms with Crippen LogP contribution in [0.4, 0.5) is 0 Å². The Balaban J connectivity index is 0.000000160. The van der Waals surface area contributed by atoms with Crippen LogP contribution < -0.4 is 0 Å². The Morgan fingerprint density at radius 2 is 1.41 bits per heavy atom. The molecule has 0 saturated carbocycles. The maximum Gasteiger partial charge on any atom is 0.130 e. The van der Waals surface area contributed by atoms with Gasteiger partial charge in [0.1, 0.15) is 5.58 Å². The summed E-state index contributed by atoms with van der Waals surface area (Å²) >= 11 is 0. The third-order valence-corrected chi connectivity index (χ3v) is 8.22. The van der Waals surface area contributed by atoms with E-state index in [0.29, 0.717) is 0 Å². The van der Waals surface area contributed by atoms with E-state index in [2.05, 4.69) is 109 Å². The Hall–Kier alpha value is -4.96. The van der Waals surface area contributed by atoms with Crippen molar-refractivity contribution in [2.24, 2.45) is 0 Å². The second-order valence-electron chi connectivity index (χ2n) is 11.3. The first-order valence-corrected chi connectivity index (χ1v) is 15.0. The first-order chi connectivity index (χ1) is 22.0. The van der Waals surface area contributed by atoms with Gasteiger partial charge in [0.15, 0.2) is 0 Å². The van der Waals surface area contributed by atoms with Crippen molar-refractivity contribution in [3.05, 3.63) is 150 Å². The van der Waals surface area contributed by atoms with Crippen molar-refractivity contribution >= 4 is 32.8 Å². The minimum Gasteiger partial charge on any atom is -0.500 e. The topological polar surface area (TPSA) is 51.8 Å². The van der Waals surface area contributed by atoms with Gasteiger partial charge in [0.25, 0.3) is 0 Å². The van der Waals surface area contributed by atoms with E-state index in [1.54, 1.807) is 6.20 Å². The van der Waals surface area contributed by atoms with Gasteiger partial charge >= 0.3 is 0 Å². The summed E-state index contributed by atoms with van der Waals surface area (Å²) in [6.07, 6.45) is 3.72. The molecule has 0 bridgehead atoms. The van der Waals surface area contributed by atoms with E-state index in [1.807, 2.05) is 55.6 Å². The molecule has 4 heterocycles. The third kappa shape index (κ3) is 6.00.